The summed E-state index contributed by atoms with van der Waals surface area (Å²) in [5.41, 5.74) is 6.86. The minimum absolute atomic E-state index is 0.0517. The van der Waals surface area contributed by atoms with Crippen molar-refractivity contribution in [2.75, 3.05) is 11.1 Å². The summed E-state index contributed by atoms with van der Waals surface area (Å²) in [6.45, 7) is 2.13. The number of sulfonamides is 1. The van der Waals surface area contributed by atoms with Gasteiger partial charge in [-0.1, -0.05) is 19.3 Å². The molecule has 0 saturated heterocycles. The molecular weight excluding hydrogens is 274 g/mol. The number of rotatable bonds is 4. The van der Waals surface area contributed by atoms with E-state index in [1.807, 2.05) is 0 Å². The second-order valence-electron chi connectivity index (χ2n) is 5.67. The number of hydrogen-bond donors (Lipinski definition) is 3. The Bertz CT molecular complexity index is 566. The lowest BCUT2D eigenvalue weighted by atomic mass is 9.84. The zero-order valence-corrected chi connectivity index (χ0v) is 12.6. The molecule has 112 valence electrons. The molecule has 1 aromatic carbocycles. The third-order valence-electron chi connectivity index (χ3n) is 4.01. The van der Waals surface area contributed by atoms with Crippen LogP contribution in [0.5, 0.6) is 0 Å². The first-order valence-electron chi connectivity index (χ1n) is 7.06. The lowest BCUT2D eigenvalue weighted by Crippen LogP contribution is -2.27. The molecule has 0 heterocycles. The van der Waals surface area contributed by atoms with Crippen LogP contribution in [0.3, 0.4) is 0 Å². The molecule has 1 saturated carbocycles. The van der Waals surface area contributed by atoms with Crippen molar-refractivity contribution < 1.29 is 8.42 Å². The smallest absolute Gasteiger partial charge is 0.238 e. The van der Waals surface area contributed by atoms with Crippen LogP contribution in [0.1, 0.15) is 39.0 Å². The average molecular weight is 297 g/mol. The predicted octanol–water partition coefficient (Wildman–Crippen LogP) is 2.30. The topological polar surface area (TPSA) is 98.2 Å². The third kappa shape index (κ3) is 3.86. The highest BCUT2D eigenvalue weighted by atomic mass is 32.2. The molecule has 1 aliphatic carbocycles. The van der Waals surface area contributed by atoms with E-state index in [1.165, 1.54) is 38.2 Å². The van der Waals surface area contributed by atoms with Crippen molar-refractivity contribution in [2.24, 2.45) is 11.1 Å². The van der Waals surface area contributed by atoms with E-state index in [2.05, 4.69) is 12.2 Å². The first-order valence-corrected chi connectivity index (χ1v) is 8.61. The Morgan fingerprint density at radius 1 is 1.20 bits per heavy atom. The summed E-state index contributed by atoms with van der Waals surface area (Å²) in [5.74, 6) is 0.628. The van der Waals surface area contributed by atoms with Crippen molar-refractivity contribution >= 4 is 21.4 Å². The number of nitrogens with two attached hydrogens (primary N) is 2. The molecule has 1 aromatic rings. The molecule has 5 N–H and O–H groups in total. The van der Waals surface area contributed by atoms with Crippen LogP contribution in [0.25, 0.3) is 0 Å². The first kappa shape index (κ1) is 15.1. The van der Waals surface area contributed by atoms with Gasteiger partial charge in [0.15, 0.2) is 0 Å². The number of nitrogens with one attached hydrogen (secondary N) is 1. The third-order valence-corrected chi connectivity index (χ3v) is 4.90. The molecule has 5 nitrogen and oxygen atoms in total. The standard InChI is InChI=1S/C14H23N3O2S/c1-10(11-5-3-2-4-6-11)17-13-7-12(15)8-14(9-13)20(16,18)19/h7-11,17H,2-6,15H2,1H3,(H2,16,18,19). The van der Waals surface area contributed by atoms with E-state index >= 15 is 0 Å². The van der Waals surface area contributed by atoms with Gasteiger partial charge in [0.25, 0.3) is 0 Å². The molecular formula is C14H23N3O2S. The quantitative estimate of drug-likeness (QED) is 0.743. The Balaban J connectivity index is 2.14. The summed E-state index contributed by atoms with van der Waals surface area (Å²) in [5, 5.41) is 8.52. The number of nitrogen functional groups attached to an aromatic ring is 1. The van der Waals surface area contributed by atoms with E-state index in [0.29, 0.717) is 23.3 Å². The van der Waals surface area contributed by atoms with Gasteiger partial charge in [0.1, 0.15) is 0 Å². The van der Waals surface area contributed by atoms with Gasteiger partial charge >= 0.3 is 0 Å². The second-order valence-corrected chi connectivity index (χ2v) is 7.23. The highest BCUT2D eigenvalue weighted by Gasteiger charge is 2.20. The van der Waals surface area contributed by atoms with Gasteiger partial charge in [-0.05, 0) is 43.9 Å². The fraction of sp³-hybridized carbons (Fsp3) is 0.571. The number of anilines is 2. The van der Waals surface area contributed by atoms with Crippen molar-refractivity contribution in [1.82, 2.24) is 0 Å². The van der Waals surface area contributed by atoms with Crippen molar-refractivity contribution in [3.8, 4) is 0 Å². The van der Waals surface area contributed by atoms with Crippen LogP contribution >= 0.6 is 0 Å². The van der Waals surface area contributed by atoms with Crippen LogP contribution in [0, 0.1) is 5.92 Å². The van der Waals surface area contributed by atoms with Gasteiger partial charge in [0, 0.05) is 17.4 Å². The molecule has 0 spiro atoms. The Labute approximate surface area is 120 Å². The van der Waals surface area contributed by atoms with Crippen LogP contribution in [0.15, 0.2) is 23.1 Å². The summed E-state index contributed by atoms with van der Waals surface area (Å²) in [6, 6.07) is 4.97. The van der Waals surface area contributed by atoms with E-state index in [-0.39, 0.29) is 4.90 Å². The number of benzene rings is 1. The summed E-state index contributed by atoms with van der Waals surface area (Å²) in [7, 11) is -3.73. The molecule has 1 unspecified atom stereocenters. The molecule has 1 aliphatic rings. The molecule has 0 amide bonds. The lowest BCUT2D eigenvalue weighted by Gasteiger charge is -2.29. The molecule has 0 bridgehead atoms. The minimum Gasteiger partial charge on any atom is -0.399 e. The fourth-order valence-electron chi connectivity index (χ4n) is 2.88. The molecule has 20 heavy (non-hydrogen) atoms. The SMILES string of the molecule is CC(Nc1cc(N)cc(S(N)(=O)=O)c1)C1CCCCC1. The van der Waals surface area contributed by atoms with Crippen LogP contribution in [-0.4, -0.2) is 14.5 Å². The largest absolute Gasteiger partial charge is 0.399 e. The van der Waals surface area contributed by atoms with Crippen LogP contribution in [0.2, 0.25) is 0 Å². The van der Waals surface area contributed by atoms with Crippen molar-refractivity contribution in [1.29, 1.82) is 0 Å². The van der Waals surface area contributed by atoms with E-state index in [0.717, 1.165) is 0 Å². The van der Waals surface area contributed by atoms with Gasteiger partial charge < -0.3 is 11.1 Å². The Kier molecular flexibility index (Phi) is 4.55. The van der Waals surface area contributed by atoms with E-state index in [1.54, 1.807) is 12.1 Å². The molecule has 6 heteroatoms. The molecule has 0 aliphatic heterocycles. The van der Waals surface area contributed by atoms with Gasteiger partial charge in [-0.15, -0.1) is 0 Å². The number of hydrogen-bond acceptors (Lipinski definition) is 4. The minimum atomic E-state index is -3.73. The van der Waals surface area contributed by atoms with E-state index < -0.39 is 10.0 Å². The number of primary sulfonamides is 1. The van der Waals surface area contributed by atoms with Crippen LogP contribution in [-0.2, 0) is 10.0 Å². The highest BCUT2D eigenvalue weighted by molar-refractivity contribution is 7.89. The lowest BCUT2D eigenvalue weighted by molar-refractivity contribution is 0.328. The zero-order chi connectivity index (χ0) is 14.8. The normalized spacial score (nSPS) is 18.7. The second kappa shape index (κ2) is 6.01. The van der Waals surface area contributed by atoms with Gasteiger partial charge in [0.05, 0.1) is 4.90 Å². The molecule has 1 atom stereocenters. The zero-order valence-electron chi connectivity index (χ0n) is 11.8. The molecule has 2 rings (SSSR count). The van der Waals surface area contributed by atoms with E-state index in [9.17, 15) is 8.42 Å². The van der Waals surface area contributed by atoms with Gasteiger partial charge in [0.2, 0.25) is 10.0 Å². The predicted molar refractivity (Wildman–Crippen MR) is 81.9 cm³/mol. The van der Waals surface area contributed by atoms with Gasteiger partial charge in [-0.3, -0.25) is 0 Å². The van der Waals surface area contributed by atoms with Crippen molar-refractivity contribution in [3.63, 3.8) is 0 Å². The maximum Gasteiger partial charge on any atom is 0.238 e. The summed E-state index contributed by atoms with van der Waals surface area (Å²) < 4.78 is 22.8. The summed E-state index contributed by atoms with van der Waals surface area (Å²) in [4.78, 5) is 0.0517. The summed E-state index contributed by atoms with van der Waals surface area (Å²) in [6.07, 6.45) is 6.31. The molecule has 0 radical (unpaired) electrons. The molecule has 0 aromatic heterocycles. The van der Waals surface area contributed by atoms with Crippen molar-refractivity contribution in [3.05, 3.63) is 18.2 Å². The Morgan fingerprint density at radius 3 is 2.45 bits per heavy atom. The average Bonchev–Trinajstić information content (AvgIpc) is 2.38. The maximum absolute atomic E-state index is 11.4. The monoisotopic (exact) mass is 297 g/mol. The Hall–Kier alpha value is -1.27. The van der Waals surface area contributed by atoms with Gasteiger partial charge in [-0.2, -0.15) is 0 Å². The first-order chi connectivity index (χ1) is 9.36. The van der Waals surface area contributed by atoms with Crippen LogP contribution < -0.4 is 16.2 Å². The maximum atomic E-state index is 11.4. The van der Waals surface area contributed by atoms with Gasteiger partial charge in [-0.25, -0.2) is 13.6 Å². The van der Waals surface area contributed by atoms with E-state index in [4.69, 9.17) is 10.9 Å². The highest BCUT2D eigenvalue weighted by Crippen LogP contribution is 2.29. The van der Waals surface area contributed by atoms with Crippen molar-refractivity contribution in [2.45, 2.75) is 50.0 Å². The fourth-order valence-corrected chi connectivity index (χ4v) is 3.48. The van der Waals surface area contributed by atoms with Crippen LogP contribution in [0.4, 0.5) is 11.4 Å². The summed E-state index contributed by atoms with van der Waals surface area (Å²) >= 11 is 0. The molecule has 1 fully saturated rings. The Morgan fingerprint density at radius 2 is 1.85 bits per heavy atom.